The fourth-order valence-corrected chi connectivity index (χ4v) is 4.16. The van der Waals surface area contributed by atoms with Gasteiger partial charge in [-0.25, -0.2) is 0 Å². The van der Waals surface area contributed by atoms with Gasteiger partial charge in [-0.3, -0.25) is 9.69 Å². The summed E-state index contributed by atoms with van der Waals surface area (Å²) in [5, 5.41) is 7.21. The minimum Gasteiger partial charge on any atom is -0.355 e. The normalized spacial score (nSPS) is 10.9. The van der Waals surface area contributed by atoms with E-state index in [1.807, 2.05) is 18.2 Å². The molecule has 0 saturated heterocycles. The Balaban J connectivity index is 1.50. The molecule has 25 heavy (non-hydrogen) atoms. The van der Waals surface area contributed by atoms with E-state index in [9.17, 15) is 4.79 Å². The van der Waals surface area contributed by atoms with Crippen LogP contribution in [-0.4, -0.2) is 23.9 Å². The predicted octanol–water partition coefficient (Wildman–Crippen LogP) is 4.17. The van der Waals surface area contributed by atoms with Crippen molar-refractivity contribution < 1.29 is 4.79 Å². The van der Waals surface area contributed by atoms with E-state index in [-0.39, 0.29) is 5.91 Å². The van der Waals surface area contributed by atoms with Crippen molar-refractivity contribution in [1.29, 1.82) is 0 Å². The van der Waals surface area contributed by atoms with Crippen LogP contribution in [0.3, 0.4) is 0 Å². The highest BCUT2D eigenvalue weighted by Crippen LogP contribution is 2.16. The number of carbonyl (C=O) groups excluding carboxylic acids is 1. The van der Waals surface area contributed by atoms with Gasteiger partial charge in [-0.05, 0) is 34.9 Å². The second-order valence-corrected chi connectivity index (χ2v) is 7.95. The Labute approximate surface area is 156 Å². The molecule has 0 aliphatic carbocycles. The predicted molar refractivity (Wildman–Crippen MR) is 106 cm³/mol. The largest absolute Gasteiger partial charge is 0.355 e. The zero-order chi connectivity index (χ0) is 17.3. The van der Waals surface area contributed by atoms with Crippen LogP contribution in [0.2, 0.25) is 0 Å². The highest BCUT2D eigenvalue weighted by molar-refractivity contribution is 7.10. The molecule has 3 nitrogen and oxygen atoms in total. The van der Waals surface area contributed by atoms with Gasteiger partial charge in [-0.1, -0.05) is 42.5 Å². The van der Waals surface area contributed by atoms with E-state index in [0.29, 0.717) is 13.1 Å². The number of hydrogen-bond donors (Lipinski definition) is 1. The zero-order valence-electron chi connectivity index (χ0n) is 14.1. The smallest absolute Gasteiger partial charge is 0.234 e. The molecule has 0 radical (unpaired) electrons. The summed E-state index contributed by atoms with van der Waals surface area (Å²) < 4.78 is 0. The summed E-state index contributed by atoms with van der Waals surface area (Å²) in [4.78, 5) is 17.1. The molecule has 0 aliphatic heterocycles. The highest BCUT2D eigenvalue weighted by Gasteiger charge is 2.13. The molecule has 0 atom stereocenters. The molecule has 2 aromatic heterocycles. The summed E-state index contributed by atoms with van der Waals surface area (Å²) in [7, 11) is 0. The monoisotopic (exact) mass is 370 g/mol. The van der Waals surface area contributed by atoms with Crippen molar-refractivity contribution in [2.24, 2.45) is 0 Å². The van der Waals surface area contributed by atoms with Crippen molar-refractivity contribution in [2.45, 2.75) is 19.5 Å². The summed E-state index contributed by atoms with van der Waals surface area (Å²) in [6.45, 7) is 2.71. The Morgan fingerprint density at radius 3 is 2.08 bits per heavy atom. The molecule has 130 valence electrons. The third-order valence-electron chi connectivity index (χ3n) is 3.86. The first-order valence-corrected chi connectivity index (χ1v) is 10.1. The van der Waals surface area contributed by atoms with Crippen LogP contribution in [0.5, 0.6) is 0 Å². The Morgan fingerprint density at radius 2 is 1.52 bits per heavy atom. The lowest BCUT2D eigenvalue weighted by Crippen LogP contribution is -2.37. The number of rotatable bonds is 9. The second kappa shape index (κ2) is 9.51. The average Bonchev–Trinajstić information content (AvgIpc) is 3.30. The Kier molecular flexibility index (Phi) is 6.79. The van der Waals surface area contributed by atoms with Crippen molar-refractivity contribution in [2.75, 3.05) is 13.1 Å². The Bertz CT molecular complexity index is 703. The van der Waals surface area contributed by atoms with Gasteiger partial charge in [0.05, 0.1) is 6.54 Å². The van der Waals surface area contributed by atoms with Crippen molar-refractivity contribution in [1.82, 2.24) is 10.2 Å². The Hall–Kier alpha value is -1.95. The maximum Gasteiger partial charge on any atom is 0.234 e. The average molecular weight is 371 g/mol. The number of nitrogens with one attached hydrogen (secondary N) is 1. The molecule has 0 fully saturated rings. The molecular weight excluding hydrogens is 348 g/mol. The maximum atomic E-state index is 12.4. The summed E-state index contributed by atoms with van der Waals surface area (Å²) >= 11 is 3.47. The molecular formula is C20H22N2OS2. The molecule has 3 aromatic rings. The zero-order valence-corrected chi connectivity index (χ0v) is 15.7. The molecule has 3 rings (SSSR count). The first kappa shape index (κ1) is 17.9. The lowest BCUT2D eigenvalue weighted by molar-refractivity contribution is -0.122. The highest BCUT2D eigenvalue weighted by atomic mass is 32.1. The van der Waals surface area contributed by atoms with E-state index in [0.717, 1.165) is 19.5 Å². The maximum absolute atomic E-state index is 12.4. The minimum absolute atomic E-state index is 0.0871. The van der Waals surface area contributed by atoms with Crippen LogP contribution in [-0.2, 0) is 24.3 Å². The van der Waals surface area contributed by atoms with Gasteiger partial charge in [-0.15, -0.1) is 22.7 Å². The quantitative estimate of drug-likeness (QED) is 0.613. The fourth-order valence-electron chi connectivity index (χ4n) is 2.66. The van der Waals surface area contributed by atoms with E-state index in [2.05, 4.69) is 57.4 Å². The van der Waals surface area contributed by atoms with E-state index in [1.165, 1.54) is 15.3 Å². The summed E-state index contributed by atoms with van der Waals surface area (Å²) in [6, 6.07) is 18.6. The SMILES string of the molecule is O=C(CN(Cc1cccs1)Cc1cccs1)NCCc1ccccc1. The number of carbonyl (C=O) groups is 1. The number of amides is 1. The van der Waals surface area contributed by atoms with Crippen LogP contribution in [0.1, 0.15) is 15.3 Å². The van der Waals surface area contributed by atoms with E-state index in [1.54, 1.807) is 22.7 Å². The fraction of sp³-hybridized carbons (Fsp3) is 0.250. The van der Waals surface area contributed by atoms with E-state index < -0.39 is 0 Å². The van der Waals surface area contributed by atoms with Crippen LogP contribution in [0, 0.1) is 0 Å². The van der Waals surface area contributed by atoms with Crippen molar-refractivity contribution in [3.8, 4) is 0 Å². The van der Waals surface area contributed by atoms with Crippen LogP contribution in [0.25, 0.3) is 0 Å². The van der Waals surface area contributed by atoms with Gasteiger partial charge in [-0.2, -0.15) is 0 Å². The van der Waals surface area contributed by atoms with E-state index >= 15 is 0 Å². The molecule has 0 bridgehead atoms. The van der Waals surface area contributed by atoms with Crippen LogP contribution in [0.15, 0.2) is 65.4 Å². The molecule has 1 N–H and O–H groups in total. The molecule has 5 heteroatoms. The van der Waals surface area contributed by atoms with Crippen molar-refractivity contribution in [3.63, 3.8) is 0 Å². The van der Waals surface area contributed by atoms with Gasteiger partial charge in [0.2, 0.25) is 5.91 Å². The van der Waals surface area contributed by atoms with Gasteiger partial charge in [0.1, 0.15) is 0 Å². The van der Waals surface area contributed by atoms with Crippen LogP contribution < -0.4 is 5.32 Å². The standard InChI is InChI=1S/C20H22N2OS2/c23-20(21-11-10-17-6-2-1-3-7-17)16-22(14-18-8-4-12-24-18)15-19-9-5-13-25-19/h1-9,12-13H,10-11,14-16H2,(H,21,23). The molecule has 0 saturated carbocycles. The number of nitrogens with zero attached hydrogens (tertiary/aromatic N) is 1. The lowest BCUT2D eigenvalue weighted by atomic mass is 10.1. The number of hydrogen-bond acceptors (Lipinski definition) is 4. The first-order valence-electron chi connectivity index (χ1n) is 8.37. The first-order chi connectivity index (χ1) is 12.3. The summed E-state index contributed by atoms with van der Waals surface area (Å²) in [5.41, 5.74) is 1.25. The van der Waals surface area contributed by atoms with Gasteiger partial charge in [0, 0.05) is 29.4 Å². The molecule has 0 spiro atoms. The van der Waals surface area contributed by atoms with Gasteiger partial charge >= 0.3 is 0 Å². The summed E-state index contributed by atoms with van der Waals surface area (Å²) in [5.74, 6) is 0.0871. The molecule has 0 aliphatic rings. The minimum atomic E-state index is 0.0871. The van der Waals surface area contributed by atoms with Crippen molar-refractivity contribution >= 4 is 28.6 Å². The molecule has 1 amide bonds. The third-order valence-corrected chi connectivity index (χ3v) is 5.59. The number of benzene rings is 1. The molecule has 0 unspecified atom stereocenters. The van der Waals surface area contributed by atoms with E-state index in [4.69, 9.17) is 0 Å². The molecule has 2 heterocycles. The third kappa shape index (κ3) is 6.12. The number of thiophene rings is 2. The second-order valence-electron chi connectivity index (χ2n) is 5.89. The summed E-state index contributed by atoms with van der Waals surface area (Å²) in [6.07, 6.45) is 0.864. The van der Waals surface area contributed by atoms with Crippen LogP contribution >= 0.6 is 22.7 Å². The van der Waals surface area contributed by atoms with Crippen LogP contribution in [0.4, 0.5) is 0 Å². The Morgan fingerprint density at radius 1 is 0.880 bits per heavy atom. The lowest BCUT2D eigenvalue weighted by Gasteiger charge is -2.20. The van der Waals surface area contributed by atoms with Gasteiger partial charge < -0.3 is 5.32 Å². The topological polar surface area (TPSA) is 32.3 Å². The van der Waals surface area contributed by atoms with Gasteiger partial charge in [0.25, 0.3) is 0 Å². The molecule has 1 aromatic carbocycles. The van der Waals surface area contributed by atoms with Gasteiger partial charge in [0.15, 0.2) is 0 Å². The van der Waals surface area contributed by atoms with Crippen molar-refractivity contribution in [3.05, 3.63) is 80.7 Å².